The maximum atomic E-state index is 12.5. The summed E-state index contributed by atoms with van der Waals surface area (Å²) in [5.74, 6) is 0.576. The highest BCUT2D eigenvalue weighted by Gasteiger charge is 2.24. The van der Waals surface area contributed by atoms with Crippen molar-refractivity contribution in [2.45, 2.75) is 32.6 Å². The van der Waals surface area contributed by atoms with E-state index < -0.39 is 10.0 Å². The number of aromatic nitrogens is 1. The van der Waals surface area contributed by atoms with E-state index in [1.807, 2.05) is 13.0 Å². The minimum atomic E-state index is -3.78. The number of hydrogen-bond donors (Lipinski definition) is 1. The van der Waals surface area contributed by atoms with Crippen molar-refractivity contribution in [3.8, 4) is 5.75 Å². The van der Waals surface area contributed by atoms with Crippen LogP contribution >= 0.6 is 0 Å². The summed E-state index contributed by atoms with van der Waals surface area (Å²) in [7, 11) is -3.78. The standard InChI is InChI=1S/C17H23N3O5S/c1-5-24-16-9-7-6-8-15(16)20(14(4)21)11-10-18-26(22,23)17-12(2)19-25-13(17)3/h6-9,18H,5,10-11H2,1-4H3. The third-order valence-electron chi connectivity index (χ3n) is 3.70. The summed E-state index contributed by atoms with van der Waals surface area (Å²) in [6, 6.07) is 7.13. The van der Waals surface area contributed by atoms with Gasteiger partial charge in [-0.25, -0.2) is 13.1 Å². The number of carbonyl (C=O) groups excluding carboxylic acids is 1. The molecular weight excluding hydrogens is 358 g/mol. The molecule has 0 saturated heterocycles. The van der Waals surface area contributed by atoms with Gasteiger partial charge < -0.3 is 14.2 Å². The predicted molar refractivity (Wildman–Crippen MR) is 96.8 cm³/mol. The summed E-state index contributed by atoms with van der Waals surface area (Å²) < 4.78 is 37.9. The van der Waals surface area contributed by atoms with Crippen molar-refractivity contribution in [2.24, 2.45) is 0 Å². The molecule has 1 amide bonds. The molecule has 0 spiro atoms. The number of nitrogens with one attached hydrogen (secondary N) is 1. The van der Waals surface area contributed by atoms with Gasteiger partial charge in [-0.05, 0) is 32.9 Å². The molecule has 142 valence electrons. The highest BCUT2D eigenvalue weighted by molar-refractivity contribution is 7.89. The molecule has 0 unspecified atom stereocenters. The van der Waals surface area contributed by atoms with Crippen molar-refractivity contribution >= 4 is 21.6 Å². The first-order chi connectivity index (χ1) is 12.3. The number of nitrogens with zero attached hydrogens (tertiary/aromatic N) is 2. The fraction of sp³-hybridized carbons (Fsp3) is 0.412. The number of para-hydroxylation sites is 2. The second kappa shape index (κ2) is 8.33. The molecule has 0 saturated carbocycles. The Balaban J connectivity index is 2.14. The number of aryl methyl sites for hydroxylation is 2. The van der Waals surface area contributed by atoms with Crippen LogP contribution in [0.2, 0.25) is 0 Å². The highest BCUT2D eigenvalue weighted by atomic mass is 32.2. The maximum Gasteiger partial charge on any atom is 0.246 e. The Bertz CT molecular complexity index is 857. The van der Waals surface area contributed by atoms with Crippen LogP contribution < -0.4 is 14.4 Å². The Labute approximate surface area is 153 Å². The second-order valence-electron chi connectivity index (χ2n) is 5.62. The monoisotopic (exact) mass is 381 g/mol. The smallest absolute Gasteiger partial charge is 0.246 e. The first-order valence-electron chi connectivity index (χ1n) is 8.20. The van der Waals surface area contributed by atoms with Gasteiger partial charge in [0, 0.05) is 20.0 Å². The zero-order valence-corrected chi connectivity index (χ0v) is 16.1. The summed E-state index contributed by atoms with van der Waals surface area (Å²) in [6.45, 7) is 7.02. The van der Waals surface area contributed by atoms with Crippen molar-refractivity contribution in [3.63, 3.8) is 0 Å². The minimum absolute atomic E-state index is 0.0293. The minimum Gasteiger partial charge on any atom is -0.492 e. The Morgan fingerprint density at radius 1 is 1.31 bits per heavy atom. The van der Waals surface area contributed by atoms with E-state index in [0.717, 1.165) is 0 Å². The third kappa shape index (κ3) is 4.41. The van der Waals surface area contributed by atoms with Crippen LogP contribution in [0.1, 0.15) is 25.3 Å². The molecule has 2 aromatic rings. The lowest BCUT2D eigenvalue weighted by Crippen LogP contribution is -2.38. The summed E-state index contributed by atoms with van der Waals surface area (Å²) in [5, 5.41) is 3.66. The van der Waals surface area contributed by atoms with Gasteiger partial charge >= 0.3 is 0 Å². The molecule has 1 heterocycles. The lowest BCUT2D eigenvalue weighted by atomic mass is 10.2. The molecule has 0 atom stereocenters. The van der Waals surface area contributed by atoms with Crippen LogP contribution in [-0.2, 0) is 14.8 Å². The fourth-order valence-corrected chi connectivity index (χ4v) is 3.97. The van der Waals surface area contributed by atoms with E-state index in [-0.39, 0.29) is 29.7 Å². The largest absolute Gasteiger partial charge is 0.492 e. The average molecular weight is 381 g/mol. The van der Waals surface area contributed by atoms with Crippen molar-refractivity contribution in [2.75, 3.05) is 24.6 Å². The quantitative estimate of drug-likeness (QED) is 0.751. The van der Waals surface area contributed by atoms with Gasteiger partial charge in [0.15, 0.2) is 5.76 Å². The number of anilines is 1. The molecule has 0 aliphatic rings. The van der Waals surface area contributed by atoms with Gasteiger partial charge in [0.25, 0.3) is 0 Å². The SMILES string of the molecule is CCOc1ccccc1N(CCNS(=O)(=O)c1c(C)noc1C)C(C)=O. The Morgan fingerprint density at radius 3 is 2.58 bits per heavy atom. The topological polar surface area (TPSA) is 102 Å². The van der Waals surface area contributed by atoms with Gasteiger partial charge in [0.05, 0.1) is 12.3 Å². The van der Waals surface area contributed by atoms with Crippen LogP contribution in [0.15, 0.2) is 33.7 Å². The van der Waals surface area contributed by atoms with E-state index in [0.29, 0.717) is 23.7 Å². The van der Waals surface area contributed by atoms with E-state index in [1.54, 1.807) is 25.1 Å². The summed E-state index contributed by atoms with van der Waals surface area (Å²) in [6.07, 6.45) is 0. The lowest BCUT2D eigenvalue weighted by molar-refractivity contribution is -0.116. The van der Waals surface area contributed by atoms with E-state index in [2.05, 4.69) is 9.88 Å². The summed E-state index contributed by atoms with van der Waals surface area (Å²) >= 11 is 0. The first-order valence-corrected chi connectivity index (χ1v) is 9.68. The number of rotatable bonds is 8. The van der Waals surface area contributed by atoms with Crippen molar-refractivity contribution in [1.82, 2.24) is 9.88 Å². The number of hydrogen-bond acceptors (Lipinski definition) is 6. The van der Waals surface area contributed by atoms with Crippen molar-refractivity contribution in [1.29, 1.82) is 0 Å². The number of amides is 1. The molecule has 26 heavy (non-hydrogen) atoms. The lowest BCUT2D eigenvalue weighted by Gasteiger charge is -2.23. The normalized spacial score (nSPS) is 11.4. The van der Waals surface area contributed by atoms with Crippen molar-refractivity contribution in [3.05, 3.63) is 35.7 Å². The Morgan fingerprint density at radius 2 is 2.00 bits per heavy atom. The van der Waals surface area contributed by atoms with Crippen LogP contribution in [0.25, 0.3) is 0 Å². The number of sulfonamides is 1. The van der Waals surface area contributed by atoms with Crippen LogP contribution in [0.3, 0.4) is 0 Å². The van der Waals surface area contributed by atoms with Crippen LogP contribution in [0.5, 0.6) is 5.75 Å². The average Bonchev–Trinajstić information content (AvgIpc) is 2.92. The summed E-state index contributed by atoms with van der Waals surface area (Å²) in [5.41, 5.74) is 0.888. The zero-order valence-electron chi connectivity index (χ0n) is 15.3. The Kier molecular flexibility index (Phi) is 6.38. The van der Waals surface area contributed by atoms with Crippen LogP contribution in [-0.4, -0.2) is 39.2 Å². The van der Waals surface area contributed by atoms with E-state index in [9.17, 15) is 13.2 Å². The zero-order chi connectivity index (χ0) is 19.3. The van der Waals surface area contributed by atoms with Crippen LogP contribution in [0, 0.1) is 13.8 Å². The fourth-order valence-electron chi connectivity index (χ4n) is 2.63. The Hall–Kier alpha value is -2.39. The van der Waals surface area contributed by atoms with E-state index in [1.165, 1.54) is 18.7 Å². The molecule has 9 heteroatoms. The molecule has 0 aliphatic carbocycles. The molecule has 0 fully saturated rings. The molecule has 1 aromatic carbocycles. The molecule has 1 aromatic heterocycles. The second-order valence-corrected chi connectivity index (χ2v) is 7.33. The maximum absolute atomic E-state index is 12.5. The van der Waals surface area contributed by atoms with Gasteiger partial charge in [-0.1, -0.05) is 17.3 Å². The molecule has 0 radical (unpaired) electrons. The molecule has 1 N–H and O–H groups in total. The molecule has 0 bridgehead atoms. The van der Waals surface area contributed by atoms with Gasteiger partial charge in [0.2, 0.25) is 15.9 Å². The van der Waals surface area contributed by atoms with Gasteiger partial charge in [-0.2, -0.15) is 0 Å². The van der Waals surface area contributed by atoms with Crippen LogP contribution in [0.4, 0.5) is 5.69 Å². The van der Waals surface area contributed by atoms with Gasteiger partial charge in [-0.15, -0.1) is 0 Å². The molecule has 0 aliphatic heterocycles. The van der Waals surface area contributed by atoms with Crippen molar-refractivity contribution < 1.29 is 22.5 Å². The number of benzene rings is 1. The first kappa shape index (κ1) is 19.9. The number of ether oxygens (including phenoxy) is 1. The molecule has 8 nitrogen and oxygen atoms in total. The predicted octanol–water partition coefficient (Wildman–Crippen LogP) is 2.02. The van der Waals surface area contributed by atoms with E-state index >= 15 is 0 Å². The molecule has 2 rings (SSSR count). The third-order valence-corrected chi connectivity index (χ3v) is 5.40. The van der Waals surface area contributed by atoms with Gasteiger partial charge in [-0.3, -0.25) is 4.79 Å². The summed E-state index contributed by atoms with van der Waals surface area (Å²) in [4.78, 5) is 13.6. The number of carbonyl (C=O) groups is 1. The van der Waals surface area contributed by atoms with Gasteiger partial charge in [0.1, 0.15) is 16.3 Å². The molecular formula is C17H23N3O5S. The van der Waals surface area contributed by atoms with E-state index in [4.69, 9.17) is 9.26 Å². The highest BCUT2D eigenvalue weighted by Crippen LogP contribution is 2.28.